The zero-order chi connectivity index (χ0) is 11.8. The van der Waals surface area contributed by atoms with Gasteiger partial charge < -0.3 is 15.4 Å². The number of benzene rings is 1. The van der Waals surface area contributed by atoms with Gasteiger partial charge in [-0.25, -0.2) is 8.42 Å². The summed E-state index contributed by atoms with van der Waals surface area (Å²) in [6.07, 6.45) is 0. The fourth-order valence-corrected chi connectivity index (χ4v) is 1.51. The van der Waals surface area contributed by atoms with Gasteiger partial charge in [0.25, 0.3) is 5.69 Å². The summed E-state index contributed by atoms with van der Waals surface area (Å²) in [4.78, 5) is 8.13. The van der Waals surface area contributed by atoms with E-state index in [0.29, 0.717) is 12.1 Å². The van der Waals surface area contributed by atoms with Crippen molar-refractivity contribution in [3.63, 3.8) is 0 Å². The highest BCUT2D eigenvalue weighted by atomic mass is 32.2. The smallest absolute Gasteiger partial charge is 0.272 e. The Balaban J connectivity index is 3.59. The molecule has 9 heteroatoms. The molecule has 0 saturated carbocycles. The van der Waals surface area contributed by atoms with Crippen molar-refractivity contribution in [2.45, 2.75) is 4.90 Å². The van der Waals surface area contributed by atoms with E-state index in [1.807, 2.05) is 0 Å². The second kappa shape index (κ2) is 3.37. The Kier molecular flexibility index (Phi) is 2.51. The van der Waals surface area contributed by atoms with Gasteiger partial charge in [-0.3, -0.25) is 10.1 Å². The van der Waals surface area contributed by atoms with Crippen molar-refractivity contribution in [3.05, 3.63) is 22.2 Å². The van der Waals surface area contributed by atoms with Crippen molar-refractivity contribution >= 4 is 21.5 Å². The molecule has 0 aliphatic heterocycles. The first-order chi connectivity index (χ1) is 6.73. The molecule has 0 aromatic heterocycles. The summed E-state index contributed by atoms with van der Waals surface area (Å²) in [5.41, 5.74) is 3.66. The molecular formula is C6H4N2O6S-2. The first kappa shape index (κ1) is 11.2. The Morgan fingerprint density at radius 2 is 1.87 bits per heavy atom. The molecule has 2 N–H and O–H groups in total. The van der Waals surface area contributed by atoms with Crippen molar-refractivity contribution in [2.75, 3.05) is 5.73 Å². The number of nitrogens with two attached hydrogens (primary N) is 1. The summed E-state index contributed by atoms with van der Waals surface area (Å²) in [5, 5.41) is 21.4. The van der Waals surface area contributed by atoms with Crippen LogP contribution in [0.5, 0.6) is 5.75 Å². The maximum atomic E-state index is 11.1. The molecule has 0 atom stereocenters. The van der Waals surface area contributed by atoms with Crippen molar-refractivity contribution in [1.29, 1.82) is 0 Å². The topological polar surface area (TPSA) is 149 Å². The maximum absolute atomic E-state index is 11.1. The number of non-ortho nitro benzene ring substituents is 1. The van der Waals surface area contributed by atoms with Gasteiger partial charge in [0, 0.05) is 17.8 Å². The Hall–Kier alpha value is -1.87. The molecule has 0 fully saturated rings. The fourth-order valence-electron chi connectivity index (χ4n) is 0.900. The number of hydrogen-bond donors (Lipinski definition) is 1. The van der Waals surface area contributed by atoms with Gasteiger partial charge in [-0.1, -0.05) is 5.75 Å². The van der Waals surface area contributed by atoms with Crippen LogP contribution in [0.3, 0.4) is 0 Å². The molecule has 0 aliphatic rings. The van der Waals surface area contributed by atoms with Crippen molar-refractivity contribution in [3.8, 4) is 5.75 Å². The number of hydrogen-bond acceptors (Lipinski definition) is 7. The number of nitro benzene ring substituents is 1. The van der Waals surface area contributed by atoms with Gasteiger partial charge in [0.2, 0.25) is 0 Å². The van der Waals surface area contributed by atoms with E-state index in [1.165, 1.54) is 0 Å². The van der Waals surface area contributed by atoms with Gasteiger partial charge >= 0.3 is 0 Å². The summed E-state index contributed by atoms with van der Waals surface area (Å²) < 4.78 is 31.6. The number of anilines is 1. The average molecular weight is 232 g/mol. The molecule has 15 heavy (non-hydrogen) atoms. The summed E-state index contributed by atoms with van der Waals surface area (Å²) in [7, 11) is -5.06. The van der Waals surface area contributed by atoms with Crippen LogP contribution in [0, 0.1) is 10.1 Å². The molecule has 0 saturated heterocycles. The van der Waals surface area contributed by atoms with Crippen LogP contribution >= 0.6 is 0 Å². The van der Waals surface area contributed by atoms with Gasteiger partial charge in [-0.05, 0) is 0 Å². The highest BCUT2D eigenvalue weighted by Gasteiger charge is 2.13. The van der Waals surface area contributed by atoms with Crippen LogP contribution in [-0.4, -0.2) is 17.9 Å². The number of nitrogen functional groups attached to an aromatic ring is 1. The van der Waals surface area contributed by atoms with Gasteiger partial charge in [-0.15, -0.1) is 0 Å². The van der Waals surface area contributed by atoms with Crippen LogP contribution in [0.1, 0.15) is 0 Å². The molecule has 1 rings (SSSR count). The van der Waals surface area contributed by atoms with Crippen molar-refractivity contribution < 1.29 is 23.0 Å². The van der Waals surface area contributed by atoms with Crippen LogP contribution in [0.15, 0.2) is 17.0 Å². The van der Waals surface area contributed by atoms with Crippen molar-refractivity contribution in [1.82, 2.24) is 0 Å². The molecule has 0 heterocycles. The zero-order valence-corrected chi connectivity index (χ0v) is 7.85. The lowest BCUT2D eigenvalue weighted by Crippen LogP contribution is -2.08. The number of nitrogens with zero attached hydrogens (tertiary/aromatic N) is 1. The lowest BCUT2D eigenvalue weighted by Gasteiger charge is -2.17. The van der Waals surface area contributed by atoms with Gasteiger partial charge in [-0.2, -0.15) is 0 Å². The van der Waals surface area contributed by atoms with E-state index >= 15 is 0 Å². The van der Waals surface area contributed by atoms with Crippen molar-refractivity contribution in [2.24, 2.45) is 0 Å². The summed E-state index contributed by atoms with van der Waals surface area (Å²) >= 11 is 0. The predicted molar refractivity (Wildman–Crippen MR) is 44.9 cm³/mol. The first-order valence-electron chi connectivity index (χ1n) is 3.44. The van der Waals surface area contributed by atoms with E-state index in [4.69, 9.17) is 5.73 Å². The van der Waals surface area contributed by atoms with E-state index in [2.05, 4.69) is 0 Å². The maximum Gasteiger partial charge on any atom is 0.272 e. The largest absolute Gasteiger partial charge is 0.870 e. The Morgan fingerprint density at radius 1 is 1.33 bits per heavy atom. The molecule has 0 bridgehead atoms. The molecule has 0 amide bonds. The fraction of sp³-hybridized carbons (Fsp3) is 0. The Labute approximate surface area is 83.8 Å². The highest BCUT2D eigenvalue weighted by molar-refractivity contribution is 7.85. The quantitative estimate of drug-likeness (QED) is 0.302. The number of rotatable bonds is 2. The molecule has 0 radical (unpaired) electrons. The summed E-state index contributed by atoms with van der Waals surface area (Å²) in [6.45, 7) is 0. The number of nitro groups is 1. The average Bonchev–Trinajstić information content (AvgIpc) is 2.06. The third-order valence-electron chi connectivity index (χ3n) is 1.55. The van der Waals surface area contributed by atoms with E-state index in [-0.39, 0.29) is 0 Å². The van der Waals surface area contributed by atoms with Gasteiger partial charge in [0.05, 0.1) is 9.82 Å². The van der Waals surface area contributed by atoms with Gasteiger partial charge in [0.1, 0.15) is 10.1 Å². The van der Waals surface area contributed by atoms with E-state index in [0.717, 1.165) is 0 Å². The second-order valence-corrected chi connectivity index (χ2v) is 3.92. The van der Waals surface area contributed by atoms with Crippen LogP contribution in [0.25, 0.3) is 0 Å². The third-order valence-corrected chi connectivity index (χ3v) is 2.39. The molecule has 0 aliphatic carbocycles. The van der Waals surface area contributed by atoms with Crippen LogP contribution in [0.2, 0.25) is 0 Å². The lowest BCUT2D eigenvalue weighted by atomic mass is 10.2. The predicted octanol–water partition coefficient (Wildman–Crippen LogP) is -0.845. The molecule has 0 unspecified atom stereocenters. The molecule has 82 valence electrons. The standard InChI is InChI=1S/C6H6N2O6S/c7-4-1-3(8(10)11)2-5(6(4)9)15(12,13)14/h1-2,9H,7H2,(H,12,13,14)/p-2. The van der Waals surface area contributed by atoms with Crippen LogP contribution in [-0.2, 0) is 10.1 Å². The van der Waals surface area contributed by atoms with E-state index in [9.17, 15) is 28.2 Å². The second-order valence-electron chi connectivity index (χ2n) is 2.57. The SMILES string of the molecule is Nc1cc([N+](=O)[O-])cc(S(=O)(=O)[O-])c1[O-]. The molecule has 1 aromatic carbocycles. The van der Waals surface area contributed by atoms with Gasteiger partial charge in [0.15, 0.2) is 0 Å². The van der Waals surface area contributed by atoms with Crippen LogP contribution < -0.4 is 10.8 Å². The molecular weight excluding hydrogens is 228 g/mol. The monoisotopic (exact) mass is 232 g/mol. The van der Waals surface area contributed by atoms with Crippen LogP contribution in [0.4, 0.5) is 11.4 Å². The molecule has 8 nitrogen and oxygen atoms in total. The molecule has 0 spiro atoms. The highest BCUT2D eigenvalue weighted by Crippen LogP contribution is 2.30. The lowest BCUT2D eigenvalue weighted by molar-refractivity contribution is -0.385. The Bertz CT molecular complexity index is 523. The zero-order valence-electron chi connectivity index (χ0n) is 7.04. The molecule has 1 aromatic rings. The van der Waals surface area contributed by atoms with E-state index in [1.54, 1.807) is 0 Å². The van der Waals surface area contributed by atoms with E-state index < -0.39 is 37.1 Å². The first-order valence-corrected chi connectivity index (χ1v) is 4.85. The third kappa shape index (κ3) is 2.14. The minimum absolute atomic E-state index is 0.390. The normalized spacial score (nSPS) is 11.3. The minimum Gasteiger partial charge on any atom is -0.870 e. The summed E-state index contributed by atoms with van der Waals surface area (Å²) in [5.74, 6) is -1.23. The Morgan fingerprint density at radius 3 is 2.27 bits per heavy atom. The minimum atomic E-state index is -5.06. The summed E-state index contributed by atoms with van der Waals surface area (Å²) in [6, 6.07) is 1.08.